The summed E-state index contributed by atoms with van der Waals surface area (Å²) in [5.41, 5.74) is 6.33. The molecule has 0 aliphatic rings. The highest BCUT2D eigenvalue weighted by Crippen LogP contribution is 2.36. The Labute approximate surface area is 218 Å². The molecule has 3 aromatic heterocycles. The van der Waals surface area contributed by atoms with Crippen LogP contribution >= 0.6 is 0 Å². The van der Waals surface area contributed by atoms with E-state index in [4.69, 9.17) is 4.98 Å². The molecule has 0 amide bonds. The molecule has 0 bridgehead atoms. The highest BCUT2D eigenvalue weighted by molar-refractivity contribution is 6.02. The van der Waals surface area contributed by atoms with Crippen molar-refractivity contribution >= 4 is 27.9 Å². The minimum atomic E-state index is -0.951. The molecule has 3 heterocycles. The van der Waals surface area contributed by atoms with Gasteiger partial charge in [-0.3, -0.25) is 4.98 Å². The number of aromatic nitrogens is 7. The number of carboxylic acids is 1. The van der Waals surface area contributed by atoms with Crippen LogP contribution in [0.1, 0.15) is 41.5 Å². The molecule has 0 fully saturated rings. The smallest absolute Gasteiger partial charge is 0.337 e. The number of rotatable bonds is 8. The number of aromatic amines is 1. The number of carbonyl (C=O) groups is 1. The quantitative estimate of drug-likeness (QED) is 0.280. The van der Waals surface area contributed by atoms with Gasteiger partial charge in [-0.05, 0) is 41.0 Å². The van der Waals surface area contributed by atoms with Crippen LogP contribution in [0.4, 0.5) is 0 Å². The van der Waals surface area contributed by atoms with Crippen molar-refractivity contribution in [1.82, 2.24) is 35.2 Å². The maximum Gasteiger partial charge on any atom is 0.337 e. The molecule has 3 aromatic carbocycles. The van der Waals surface area contributed by atoms with Gasteiger partial charge in [0.05, 0.1) is 22.1 Å². The van der Waals surface area contributed by atoms with Gasteiger partial charge in [0, 0.05) is 35.7 Å². The van der Waals surface area contributed by atoms with Crippen LogP contribution in [0.15, 0.2) is 72.9 Å². The number of hydrogen-bond donors (Lipinski definition) is 2. The van der Waals surface area contributed by atoms with Crippen molar-refractivity contribution < 1.29 is 9.90 Å². The van der Waals surface area contributed by atoms with Gasteiger partial charge in [0.1, 0.15) is 5.82 Å². The largest absolute Gasteiger partial charge is 0.478 e. The zero-order chi connectivity index (χ0) is 26.1. The van der Waals surface area contributed by atoms with E-state index in [0.717, 1.165) is 58.2 Å². The van der Waals surface area contributed by atoms with E-state index in [0.29, 0.717) is 23.4 Å². The third kappa shape index (κ3) is 4.17. The molecule has 0 radical (unpaired) electrons. The number of H-pyrrole nitrogens is 1. The van der Waals surface area contributed by atoms with Crippen molar-refractivity contribution in [2.45, 2.75) is 32.7 Å². The fourth-order valence-corrected chi connectivity index (χ4v) is 4.96. The molecule has 6 aromatic rings. The molecule has 188 valence electrons. The predicted molar refractivity (Wildman–Crippen MR) is 145 cm³/mol. The lowest BCUT2D eigenvalue weighted by Crippen LogP contribution is -2.08. The zero-order valence-corrected chi connectivity index (χ0v) is 20.8. The summed E-state index contributed by atoms with van der Waals surface area (Å²) in [5.74, 6) is 0.431. The highest BCUT2D eigenvalue weighted by Gasteiger charge is 2.19. The standard InChI is InChI=1S/C29H25N7O2/c1-2-3-11-25-31-24-10-6-8-21(29(37)38)27(24)36(25)17-18-12-14-19(15-13-18)26-20-7-4-5-9-23(20)30-16-22(26)28-32-34-35-33-28/h4-10,12-16H,2-3,11,17H2,1H3,(H,37,38)(H,32,33,34,35). The summed E-state index contributed by atoms with van der Waals surface area (Å²) in [6, 6.07) is 21.5. The zero-order valence-electron chi connectivity index (χ0n) is 20.8. The van der Waals surface area contributed by atoms with E-state index in [1.54, 1.807) is 18.3 Å². The van der Waals surface area contributed by atoms with Crippen LogP contribution in [-0.4, -0.2) is 46.2 Å². The molecule has 2 N–H and O–H groups in total. The van der Waals surface area contributed by atoms with Gasteiger partial charge in [-0.1, -0.05) is 61.9 Å². The van der Waals surface area contributed by atoms with Gasteiger partial charge in [0.15, 0.2) is 0 Å². The summed E-state index contributed by atoms with van der Waals surface area (Å²) in [5, 5.41) is 25.5. The minimum Gasteiger partial charge on any atom is -0.478 e. The van der Waals surface area contributed by atoms with E-state index in [2.05, 4.69) is 61.4 Å². The number of aryl methyl sites for hydroxylation is 1. The van der Waals surface area contributed by atoms with Gasteiger partial charge in [-0.25, -0.2) is 9.78 Å². The monoisotopic (exact) mass is 503 g/mol. The summed E-state index contributed by atoms with van der Waals surface area (Å²) in [6.45, 7) is 2.66. The molecular weight excluding hydrogens is 478 g/mol. The number of hydrogen-bond acceptors (Lipinski definition) is 6. The predicted octanol–water partition coefficient (Wildman–Crippen LogP) is 5.52. The number of aromatic carboxylic acids is 1. The SMILES string of the molecule is CCCCc1nc2cccc(C(=O)O)c2n1Cc1ccc(-c2c(-c3nn[nH]n3)cnc3ccccc23)cc1. The molecular formula is C29H25N7O2. The van der Waals surface area contributed by atoms with E-state index < -0.39 is 5.97 Å². The molecule has 6 rings (SSSR count). The first-order valence-electron chi connectivity index (χ1n) is 12.6. The molecule has 0 spiro atoms. The number of unbranched alkanes of at least 4 members (excludes halogenated alkanes) is 1. The maximum absolute atomic E-state index is 12.0. The van der Waals surface area contributed by atoms with Gasteiger partial charge < -0.3 is 9.67 Å². The molecule has 0 saturated heterocycles. The third-order valence-electron chi connectivity index (χ3n) is 6.78. The Hall–Kier alpha value is -4.92. The topological polar surface area (TPSA) is 122 Å². The molecule has 0 aliphatic heterocycles. The van der Waals surface area contributed by atoms with Crippen LogP contribution < -0.4 is 0 Å². The van der Waals surface area contributed by atoms with E-state index in [9.17, 15) is 9.90 Å². The lowest BCUT2D eigenvalue weighted by molar-refractivity contribution is 0.0698. The molecule has 0 atom stereocenters. The second-order valence-electron chi connectivity index (χ2n) is 9.19. The number of nitrogens with one attached hydrogen (secondary N) is 1. The Morgan fingerprint density at radius 3 is 2.58 bits per heavy atom. The second-order valence-corrected chi connectivity index (χ2v) is 9.19. The molecule has 0 unspecified atom stereocenters. The Bertz CT molecular complexity index is 1760. The average Bonchev–Trinajstić information content (AvgIpc) is 3.60. The first-order chi connectivity index (χ1) is 18.6. The summed E-state index contributed by atoms with van der Waals surface area (Å²) < 4.78 is 2.05. The molecule has 38 heavy (non-hydrogen) atoms. The molecule has 9 heteroatoms. The summed E-state index contributed by atoms with van der Waals surface area (Å²) in [4.78, 5) is 21.4. The number of para-hydroxylation sites is 2. The number of carboxylic acid groups (broad SMARTS) is 1. The minimum absolute atomic E-state index is 0.266. The Balaban J connectivity index is 1.43. The van der Waals surface area contributed by atoms with Crippen LogP contribution in [0.3, 0.4) is 0 Å². The summed E-state index contributed by atoms with van der Waals surface area (Å²) >= 11 is 0. The average molecular weight is 504 g/mol. The first kappa shape index (κ1) is 23.5. The van der Waals surface area contributed by atoms with E-state index in [1.807, 2.05) is 30.3 Å². The number of pyridine rings is 1. The summed E-state index contributed by atoms with van der Waals surface area (Å²) in [6.07, 6.45) is 4.59. The first-order valence-corrected chi connectivity index (χ1v) is 12.6. The number of benzene rings is 3. The second kappa shape index (κ2) is 9.85. The third-order valence-corrected chi connectivity index (χ3v) is 6.78. The van der Waals surface area contributed by atoms with E-state index >= 15 is 0 Å². The van der Waals surface area contributed by atoms with Crippen molar-refractivity contribution in [2.75, 3.05) is 0 Å². The molecule has 9 nitrogen and oxygen atoms in total. The number of fused-ring (bicyclic) bond motifs is 2. The van der Waals surface area contributed by atoms with Crippen LogP contribution in [-0.2, 0) is 13.0 Å². The van der Waals surface area contributed by atoms with Gasteiger partial charge in [0.25, 0.3) is 0 Å². The fourth-order valence-electron chi connectivity index (χ4n) is 4.96. The van der Waals surface area contributed by atoms with E-state index in [1.165, 1.54) is 0 Å². The van der Waals surface area contributed by atoms with E-state index in [-0.39, 0.29) is 5.56 Å². The van der Waals surface area contributed by atoms with Gasteiger partial charge >= 0.3 is 5.97 Å². The molecule has 0 aliphatic carbocycles. The Kier molecular flexibility index (Phi) is 6.09. The number of imidazole rings is 1. The molecule has 0 saturated carbocycles. The van der Waals surface area contributed by atoms with Crippen LogP contribution in [0, 0.1) is 0 Å². The van der Waals surface area contributed by atoms with Gasteiger partial charge in [-0.15, -0.1) is 10.2 Å². The van der Waals surface area contributed by atoms with Gasteiger partial charge in [0.2, 0.25) is 5.82 Å². The van der Waals surface area contributed by atoms with Crippen LogP contribution in [0.5, 0.6) is 0 Å². The van der Waals surface area contributed by atoms with Crippen molar-refractivity contribution in [2.24, 2.45) is 0 Å². The highest BCUT2D eigenvalue weighted by atomic mass is 16.4. The lowest BCUT2D eigenvalue weighted by Gasteiger charge is -2.13. The fraction of sp³-hybridized carbons (Fsp3) is 0.172. The van der Waals surface area contributed by atoms with Gasteiger partial charge in [-0.2, -0.15) is 5.21 Å². The lowest BCUT2D eigenvalue weighted by atomic mass is 9.95. The number of tetrazole rings is 1. The van der Waals surface area contributed by atoms with Crippen molar-refractivity contribution in [1.29, 1.82) is 0 Å². The van der Waals surface area contributed by atoms with Crippen molar-refractivity contribution in [3.05, 3.63) is 89.9 Å². The van der Waals surface area contributed by atoms with Crippen molar-refractivity contribution in [3.8, 4) is 22.5 Å². The number of nitrogens with zero attached hydrogens (tertiary/aromatic N) is 6. The summed E-state index contributed by atoms with van der Waals surface area (Å²) in [7, 11) is 0. The van der Waals surface area contributed by atoms with Crippen LogP contribution in [0.2, 0.25) is 0 Å². The van der Waals surface area contributed by atoms with Crippen LogP contribution in [0.25, 0.3) is 44.5 Å². The van der Waals surface area contributed by atoms with Crippen molar-refractivity contribution in [3.63, 3.8) is 0 Å². The Morgan fingerprint density at radius 1 is 1.00 bits per heavy atom. The normalized spacial score (nSPS) is 11.4. The Morgan fingerprint density at radius 2 is 1.82 bits per heavy atom. The maximum atomic E-state index is 12.0.